The van der Waals surface area contributed by atoms with E-state index in [1.165, 1.54) is 0 Å². The van der Waals surface area contributed by atoms with Gasteiger partial charge in [-0.3, -0.25) is 0 Å². The Balaban J connectivity index is 0.00000136. The van der Waals surface area contributed by atoms with Crippen LogP contribution in [0, 0.1) is 0 Å². The molecule has 3 heterocycles. The van der Waals surface area contributed by atoms with Crippen LogP contribution < -0.4 is 4.57 Å². The molecule has 0 radical (unpaired) electrons. The summed E-state index contributed by atoms with van der Waals surface area (Å²) in [6, 6.07) is 8.07. The van der Waals surface area contributed by atoms with Crippen molar-refractivity contribution in [2.45, 2.75) is 71.0 Å². The number of hydrogen-bond donors (Lipinski definition) is 0. The van der Waals surface area contributed by atoms with E-state index in [1.807, 2.05) is 18.2 Å². The summed E-state index contributed by atoms with van der Waals surface area (Å²) in [4.78, 5) is 0. The second-order valence-corrected chi connectivity index (χ2v) is 6.86. The Morgan fingerprint density at radius 1 is 1.04 bits per heavy atom. The molecule has 3 rings (SSSR count). The van der Waals surface area contributed by atoms with Crippen LogP contribution in [0.1, 0.15) is 57.3 Å². The van der Waals surface area contributed by atoms with Crippen molar-refractivity contribution in [1.82, 2.24) is 0 Å². The van der Waals surface area contributed by atoms with Crippen molar-refractivity contribution >= 4 is 49.4 Å². The predicted molar refractivity (Wildman–Crippen MR) is 130 cm³/mol. The lowest BCUT2D eigenvalue weighted by Gasteiger charge is -2.35. The largest absolute Gasteiger partial charge is 0.465 e. The molecule has 1 fully saturated rings. The number of aryl methyl sites for hydroxylation is 1. The molecule has 2 aromatic heterocycles. The Kier molecular flexibility index (Phi) is 11.7. The van der Waals surface area contributed by atoms with Crippen molar-refractivity contribution in [2.75, 3.05) is 0 Å². The summed E-state index contributed by atoms with van der Waals surface area (Å²) in [6.07, 6.45) is 15.8. The fraction of sp³-hybridized carbons (Fsp3) is 0.500. The Morgan fingerprint density at radius 3 is 2.29 bits per heavy atom. The summed E-state index contributed by atoms with van der Waals surface area (Å²) in [7, 11) is 0. The molecule has 0 amide bonds. The summed E-state index contributed by atoms with van der Waals surface area (Å²) in [6.45, 7) is 5.36. The molecule has 28 heavy (non-hydrogen) atoms. The van der Waals surface area contributed by atoms with Crippen molar-refractivity contribution in [3.63, 3.8) is 0 Å². The van der Waals surface area contributed by atoms with Gasteiger partial charge in [-0.1, -0.05) is 19.9 Å². The third-order valence-electron chi connectivity index (χ3n) is 4.88. The highest BCUT2D eigenvalue weighted by Crippen LogP contribution is 2.24. The first-order chi connectivity index (χ1) is 13.8. The number of ether oxygens (including phenoxy) is 2. The second-order valence-electron chi connectivity index (χ2n) is 6.86. The average Bonchev–Trinajstić information content (AvgIpc) is 3.28. The van der Waals surface area contributed by atoms with E-state index in [1.54, 1.807) is 6.26 Å². The maximum Gasteiger partial charge on any atom is 0.169 e. The molecule has 1 aliphatic rings. The van der Waals surface area contributed by atoms with Gasteiger partial charge in [0, 0.05) is 62.2 Å². The van der Waals surface area contributed by atoms with Gasteiger partial charge < -0.3 is 13.9 Å². The van der Waals surface area contributed by atoms with Crippen molar-refractivity contribution < 1.29 is 18.5 Å². The van der Waals surface area contributed by atoms with E-state index in [2.05, 4.69) is 86.2 Å². The smallest absolute Gasteiger partial charge is 0.169 e. The maximum atomic E-state index is 6.04. The number of halogens is 2. The molecule has 6 heteroatoms. The van der Waals surface area contributed by atoms with Crippen LogP contribution in [-0.4, -0.2) is 18.5 Å². The number of furan rings is 1. The molecule has 0 aromatic carbocycles. The lowest BCUT2D eigenvalue weighted by atomic mass is 10.1. The van der Waals surface area contributed by atoms with E-state index in [-0.39, 0.29) is 6.29 Å². The van der Waals surface area contributed by atoms with Crippen molar-refractivity contribution in [3.8, 4) is 0 Å². The topological polar surface area (TPSA) is 35.5 Å². The highest BCUT2D eigenvalue weighted by molar-refractivity contribution is 15.0. The molecular weight excluding hydrogens is 580 g/mol. The van der Waals surface area contributed by atoms with Crippen LogP contribution in [0.3, 0.4) is 0 Å². The first-order valence-corrected chi connectivity index (χ1v) is 16.2. The molecule has 154 valence electrons. The Morgan fingerprint density at radius 2 is 1.71 bits per heavy atom. The SMILES string of the molecule is CCC1CC(CC)OC(CCC[n+]2ccc(/C=C/c3ccco3)cc2)O1.II. The van der Waals surface area contributed by atoms with Crippen LogP contribution >= 0.6 is 37.2 Å². The van der Waals surface area contributed by atoms with E-state index >= 15 is 0 Å². The van der Waals surface area contributed by atoms with Crippen LogP contribution in [0.25, 0.3) is 12.2 Å². The van der Waals surface area contributed by atoms with Gasteiger partial charge in [-0.05, 0) is 43.0 Å². The minimum atomic E-state index is -0.0465. The number of rotatable bonds is 8. The van der Waals surface area contributed by atoms with Crippen molar-refractivity contribution in [2.24, 2.45) is 0 Å². The number of pyridine rings is 1. The van der Waals surface area contributed by atoms with Gasteiger partial charge in [0.2, 0.25) is 0 Å². The zero-order valence-corrected chi connectivity index (χ0v) is 20.9. The minimum Gasteiger partial charge on any atom is -0.465 e. The highest BCUT2D eigenvalue weighted by atomic mass is 128. The zero-order chi connectivity index (χ0) is 20.2. The number of hydrogen-bond acceptors (Lipinski definition) is 3. The summed E-state index contributed by atoms with van der Waals surface area (Å²) >= 11 is 4.24. The molecule has 0 aliphatic carbocycles. The third kappa shape index (κ3) is 8.12. The van der Waals surface area contributed by atoms with Gasteiger partial charge in [0.1, 0.15) is 12.3 Å². The third-order valence-corrected chi connectivity index (χ3v) is 4.88. The molecule has 1 aliphatic heterocycles. The lowest BCUT2D eigenvalue weighted by Crippen LogP contribution is -2.39. The van der Waals surface area contributed by atoms with Crippen molar-refractivity contribution in [3.05, 3.63) is 54.2 Å². The first-order valence-electron chi connectivity index (χ1n) is 9.92. The van der Waals surface area contributed by atoms with Gasteiger partial charge in [-0.25, -0.2) is 4.57 Å². The van der Waals surface area contributed by atoms with Gasteiger partial charge in [0.15, 0.2) is 18.7 Å². The van der Waals surface area contributed by atoms with Gasteiger partial charge in [0.25, 0.3) is 0 Å². The van der Waals surface area contributed by atoms with E-state index in [0.29, 0.717) is 12.2 Å². The van der Waals surface area contributed by atoms with Crippen LogP contribution in [0.5, 0.6) is 0 Å². The highest BCUT2D eigenvalue weighted by Gasteiger charge is 2.27. The Bertz CT molecular complexity index is 662. The quantitative estimate of drug-likeness (QED) is 0.250. The Labute approximate surface area is 192 Å². The standard InChI is InChI=1S/C22H30NO3.I2/c1-3-19-17-20(4-2)26-22(25-19)8-5-13-23-14-11-18(12-15-23)9-10-21-7-6-16-24-21;1-2/h6-7,9-12,14-16,19-20,22H,3-5,8,13,17H2,1-2H3;/q+1;/b10-9+;. The fourth-order valence-corrected chi connectivity index (χ4v) is 3.26. The first kappa shape index (κ1) is 23.8. The van der Waals surface area contributed by atoms with E-state index in [4.69, 9.17) is 13.9 Å². The fourth-order valence-electron chi connectivity index (χ4n) is 3.26. The van der Waals surface area contributed by atoms with Crippen LogP contribution in [0.2, 0.25) is 0 Å². The van der Waals surface area contributed by atoms with Gasteiger partial charge in [-0.15, -0.1) is 0 Å². The normalized spacial score (nSPS) is 22.1. The average molecular weight is 610 g/mol. The minimum absolute atomic E-state index is 0.0465. The van der Waals surface area contributed by atoms with E-state index in [9.17, 15) is 0 Å². The Hall–Kier alpha value is -0.450. The predicted octanol–water partition coefficient (Wildman–Crippen LogP) is 6.61. The molecule has 2 aromatic rings. The molecule has 2 atom stereocenters. The van der Waals surface area contributed by atoms with Crippen LogP contribution in [0.4, 0.5) is 0 Å². The maximum absolute atomic E-state index is 6.04. The molecule has 2 unspecified atom stereocenters. The van der Waals surface area contributed by atoms with Crippen LogP contribution in [0.15, 0.2) is 47.3 Å². The van der Waals surface area contributed by atoms with Crippen molar-refractivity contribution in [1.29, 1.82) is 0 Å². The molecule has 4 nitrogen and oxygen atoms in total. The van der Waals surface area contributed by atoms with Crippen LogP contribution in [-0.2, 0) is 16.0 Å². The van der Waals surface area contributed by atoms with E-state index in [0.717, 1.165) is 50.0 Å². The summed E-state index contributed by atoms with van der Waals surface area (Å²) in [5.41, 5.74) is 1.16. The van der Waals surface area contributed by atoms with Gasteiger partial charge >= 0.3 is 0 Å². The lowest BCUT2D eigenvalue weighted by molar-refractivity contribution is -0.697. The number of nitrogens with zero attached hydrogens (tertiary/aromatic N) is 1. The molecule has 0 saturated carbocycles. The van der Waals surface area contributed by atoms with Gasteiger partial charge in [0.05, 0.1) is 18.5 Å². The number of aromatic nitrogens is 1. The summed E-state index contributed by atoms with van der Waals surface area (Å²) in [5.74, 6) is 0.866. The molecular formula is C22H30I2NO3+. The molecule has 0 N–H and O–H groups in total. The van der Waals surface area contributed by atoms with E-state index < -0.39 is 0 Å². The summed E-state index contributed by atoms with van der Waals surface area (Å²) < 4.78 is 19.6. The monoisotopic (exact) mass is 610 g/mol. The summed E-state index contributed by atoms with van der Waals surface area (Å²) in [5, 5.41) is 0. The second kappa shape index (κ2) is 13.7. The molecule has 0 spiro atoms. The molecule has 1 saturated heterocycles. The zero-order valence-electron chi connectivity index (χ0n) is 16.6. The van der Waals surface area contributed by atoms with Gasteiger partial charge in [-0.2, -0.15) is 0 Å². The molecule has 0 bridgehead atoms.